The zero-order chi connectivity index (χ0) is 13.9. The summed E-state index contributed by atoms with van der Waals surface area (Å²) in [5, 5.41) is 3.86. The van der Waals surface area contributed by atoms with Gasteiger partial charge in [0.1, 0.15) is 21.5 Å². The van der Waals surface area contributed by atoms with Crippen LogP contribution >= 0.6 is 11.8 Å². The lowest BCUT2D eigenvalue weighted by atomic mass is 10.1. The molecule has 0 atom stereocenters. The van der Waals surface area contributed by atoms with Crippen LogP contribution in [0.2, 0.25) is 0 Å². The number of sulfone groups is 1. The van der Waals surface area contributed by atoms with Crippen LogP contribution in [0, 0.1) is 0 Å². The minimum Gasteiger partial charge on any atom is -0.367 e. The molecule has 0 spiro atoms. The number of nitrogens with zero attached hydrogens (tertiary/aromatic N) is 2. The number of nitrogens with one attached hydrogen (secondary N) is 2. The van der Waals surface area contributed by atoms with E-state index in [4.69, 9.17) is 5.84 Å². The van der Waals surface area contributed by atoms with E-state index in [0.717, 1.165) is 0 Å². The Balaban J connectivity index is 2.07. The van der Waals surface area contributed by atoms with E-state index in [-0.39, 0.29) is 17.5 Å². The first-order chi connectivity index (χ1) is 9.02. The summed E-state index contributed by atoms with van der Waals surface area (Å²) < 4.78 is 22.7. The maximum atomic E-state index is 11.4. The Morgan fingerprint density at radius 3 is 2.53 bits per heavy atom. The van der Waals surface area contributed by atoms with Crippen molar-refractivity contribution in [2.75, 3.05) is 28.5 Å². The van der Waals surface area contributed by atoms with E-state index in [0.29, 0.717) is 29.6 Å². The van der Waals surface area contributed by atoms with Gasteiger partial charge in [0.05, 0.1) is 11.5 Å². The lowest BCUT2D eigenvalue weighted by Crippen LogP contribution is -2.32. The average Bonchev–Trinajstić information content (AvgIpc) is 2.40. The van der Waals surface area contributed by atoms with Crippen molar-refractivity contribution >= 4 is 33.2 Å². The van der Waals surface area contributed by atoms with Crippen LogP contribution < -0.4 is 16.6 Å². The molecule has 19 heavy (non-hydrogen) atoms. The van der Waals surface area contributed by atoms with Gasteiger partial charge in [-0.05, 0) is 19.1 Å². The van der Waals surface area contributed by atoms with Crippen molar-refractivity contribution in [3.63, 3.8) is 0 Å². The number of nitrogen functional groups attached to an aromatic ring is 1. The van der Waals surface area contributed by atoms with Crippen LogP contribution in [0.5, 0.6) is 0 Å². The Morgan fingerprint density at radius 2 is 1.95 bits per heavy atom. The number of thioether (sulfide) groups is 1. The van der Waals surface area contributed by atoms with Crippen LogP contribution in [0.4, 0.5) is 11.6 Å². The quantitative estimate of drug-likeness (QED) is 0.319. The largest absolute Gasteiger partial charge is 0.367 e. The van der Waals surface area contributed by atoms with Crippen molar-refractivity contribution in [2.24, 2.45) is 5.84 Å². The average molecular weight is 303 g/mol. The minimum absolute atomic E-state index is 0.124. The SMILES string of the molecule is CSc1nc(NN)cc(NC2CCS(=O)(=O)CC2)n1. The molecule has 1 fully saturated rings. The van der Waals surface area contributed by atoms with Gasteiger partial charge in [-0.15, -0.1) is 0 Å². The Hall–Kier alpha value is -1.06. The maximum absolute atomic E-state index is 11.4. The van der Waals surface area contributed by atoms with Crippen LogP contribution in [0.3, 0.4) is 0 Å². The molecule has 0 bridgehead atoms. The molecule has 0 aliphatic carbocycles. The van der Waals surface area contributed by atoms with Gasteiger partial charge in [0.2, 0.25) is 0 Å². The Labute approximate surface area is 116 Å². The summed E-state index contributed by atoms with van der Waals surface area (Å²) in [5.41, 5.74) is 2.49. The van der Waals surface area contributed by atoms with Crippen LogP contribution in [0.25, 0.3) is 0 Å². The number of anilines is 2. The van der Waals surface area contributed by atoms with Gasteiger partial charge in [0.15, 0.2) is 5.16 Å². The lowest BCUT2D eigenvalue weighted by molar-refractivity contribution is 0.558. The molecule has 1 aromatic rings. The van der Waals surface area contributed by atoms with Gasteiger partial charge < -0.3 is 10.7 Å². The lowest BCUT2D eigenvalue weighted by Gasteiger charge is -2.23. The van der Waals surface area contributed by atoms with Crippen molar-refractivity contribution in [1.29, 1.82) is 0 Å². The molecule has 0 aromatic carbocycles. The molecule has 0 saturated carbocycles. The van der Waals surface area contributed by atoms with Gasteiger partial charge in [-0.25, -0.2) is 24.2 Å². The molecule has 1 saturated heterocycles. The van der Waals surface area contributed by atoms with Crippen molar-refractivity contribution in [3.05, 3.63) is 6.07 Å². The van der Waals surface area contributed by atoms with E-state index in [2.05, 4.69) is 20.7 Å². The summed E-state index contributed by atoms with van der Waals surface area (Å²) in [7, 11) is -2.84. The molecule has 4 N–H and O–H groups in total. The maximum Gasteiger partial charge on any atom is 0.191 e. The van der Waals surface area contributed by atoms with Crippen molar-refractivity contribution in [3.8, 4) is 0 Å². The molecule has 1 aromatic heterocycles. The molecular formula is C10H17N5O2S2. The molecule has 0 amide bonds. The number of hydrogen-bond donors (Lipinski definition) is 3. The molecule has 9 heteroatoms. The summed E-state index contributed by atoms with van der Waals surface area (Å²) in [6.45, 7) is 0. The third-order valence-electron chi connectivity index (χ3n) is 2.94. The number of rotatable bonds is 4. The predicted octanol–water partition coefficient (Wildman–Crippen LogP) is 0.473. The fraction of sp³-hybridized carbons (Fsp3) is 0.600. The Kier molecular flexibility index (Phi) is 4.48. The highest BCUT2D eigenvalue weighted by Crippen LogP contribution is 2.20. The van der Waals surface area contributed by atoms with E-state index in [1.165, 1.54) is 11.8 Å². The van der Waals surface area contributed by atoms with Crippen LogP contribution in [0.1, 0.15) is 12.8 Å². The molecule has 1 aliphatic heterocycles. The number of aromatic nitrogens is 2. The van der Waals surface area contributed by atoms with Crippen molar-refractivity contribution < 1.29 is 8.42 Å². The molecule has 2 heterocycles. The van der Waals surface area contributed by atoms with E-state index in [1.807, 2.05) is 6.26 Å². The summed E-state index contributed by atoms with van der Waals surface area (Å²) in [6.07, 6.45) is 3.09. The topological polar surface area (TPSA) is 110 Å². The number of nitrogens with two attached hydrogens (primary N) is 1. The summed E-state index contributed by atoms with van der Waals surface area (Å²) in [4.78, 5) is 8.49. The Morgan fingerprint density at radius 1 is 1.32 bits per heavy atom. The predicted molar refractivity (Wildman–Crippen MR) is 76.9 cm³/mol. The molecule has 106 valence electrons. The number of hydrazine groups is 1. The third-order valence-corrected chi connectivity index (χ3v) is 5.21. The summed E-state index contributed by atoms with van der Waals surface area (Å²) in [6, 6.07) is 1.83. The third kappa shape index (κ3) is 3.95. The van der Waals surface area contributed by atoms with E-state index in [1.54, 1.807) is 6.07 Å². The summed E-state index contributed by atoms with van der Waals surface area (Å²) >= 11 is 1.42. The second-order valence-electron chi connectivity index (χ2n) is 4.34. The van der Waals surface area contributed by atoms with Gasteiger partial charge in [0.25, 0.3) is 0 Å². The summed E-state index contributed by atoms with van der Waals surface area (Å²) in [5.74, 6) is 7.01. The van der Waals surface area contributed by atoms with E-state index < -0.39 is 9.84 Å². The molecule has 2 rings (SSSR count). The highest BCUT2D eigenvalue weighted by molar-refractivity contribution is 7.98. The van der Waals surface area contributed by atoms with Gasteiger partial charge in [0, 0.05) is 12.1 Å². The van der Waals surface area contributed by atoms with Gasteiger partial charge in [-0.2, -0.15) is 0 Å². The van der Waals surface area contributed by atoms with E-state index in [9.17, 15) is 8.42 Å². The fourth-order valence-corrected chi connectivity index (χ4v) is 3.78. The standard InChI is InChI=1S/C10H17N5O2S2/c1-18-10-13-8(6-9(14-10)15-11)12-7-2-4-19(16,17)5-3-7/h6-7H,2-5,11H2,1H3,(H2,12,13,14,15). The van der Waals surface area contributed by atoms with Crippen LogP contribution in [0.15, 0.2) is 11.2 Å². The highest BCUT2D eigenvalue weighted by Gasteiger charge is 2.23. The molecule has 1 aliphatic rings. The first kappa shape index (κ1) is 14.4. The zero-order valence-electron chi connectivity index (χ0n) is 10.6. The fourth-order valence-electron chi connectivity index (χ4n) is 1.91. The second kappa shape index (κ2) is 5.93. The smallest absolute Gasteiger partial charge is 0.191 e. The van der Waals surface area contributed by atoms with Gasteiger partial charge in [-0.1, -0.05) is 11.8 Å². The second-order valence-corrected chi connectivity index (χ2v) is 7.42. The van der Waals surface area contributed by atoms with Crippen molar-refractivity contribution in [2.45, 2.75) is 24.0 Å². The molecule has 0 radical (unpaired) electrons. The monoisotopic (exact) mass is 303 g/mol. The van der Waals surface area contributed by atoms with E-state index >= 15 is 0 Å². The zero-order valence-corrected chi connectivity index (χ0v) is 12.2. The molecular weight excluding hydrogens is 286 g/mol. The van der Waals surface area contributed by atoms with Gasteiger partial charge in [-0.3, -0.25) is 0 Å². The van der Waals surface area contributed by atoms with Crippen LogP contribution in [-0.4, -0.2) is 42.2 Å². The van der Waals surface area contributed by atoms with Crippen molar-refractivity contribution in [1.82, 2.24) is 9.97 Å². The minimum atomic E-state index is -2.84. The Bertz CT molecular complexity index is 513. The normalized spacial score (nSPS) is 19.1. The van der Waals surface area contributed by atoms with Gasteiger partial charge >= 0.3 is 0 Å². The highest BCUT2D eigenvalue weighted by atomic mass is 32.2. The molecule has 0 unspecified atom stereocenters. The first-order valence-corrected chi connectivity index (χ1v) is 8.93. The first-order valence-electron chi connectivity index (χ1n) is 5.89. The van der Waals surface area contributed by atoms with Crippen LogP contribution in [-0.2, 0) is 9.84 Å². The number of hydrogen-bond acceptors (Lipinski definition) is 8. The molecule has 7 nitrogen and oxygen atoms in total.